The van der Waals surface area contributed by atoms with E-state index < -0.39 is 243 Å². The Morgan fingerprint density at radius 2 is 0.562 bits per heavy atom. The Bertz CT molecular complexity index is 2430. The maximum absolute atomic E-state index is 14.1. The molecular formula is C62H98O27. The standard InChI is InChI=1S/C62H98O27/c1-27(2)49(63)74-23-38-41(80-52(66)30(7)8)44(83-55(69)33(13)14)46(85-57(71)35(17)18)60(78-38)76-24-39-42(81-53(67)31(9)10)45(84-56(70)34(15)16)47(86-58(72)36(19)20)61(79-39)89-62(26-77-51(65)29(5)6)48(87-59(73)37(21)22)43(82-54(68)32(11)12)40(88-62)25-75-50(64)28(3)4/h27-48,60-61H,23-26H2,1-22H3/t38?,39?,40-,41+,42-,43-,44+,45+,46?,47?,48-,60+,61+,62+/m1/s1. The lowest BCUT2D eigenvalue weighted by Gasteiger charge is -2.48. The maximum Gasteiger partial charge on any atom is 0.308 e. The third-order valence-corrected chi connectivity index (χ3v) is 13.8. The maximum atomic E-state index is 14.1. The second-order valence-corrected chi connectivity index (χ2v) is 25.7. The van der Waals surface area contributed by atoms with E-state index in [1.165, 1.54) is 125 Å². The zero-order valence-corrected chi connectivity index (χ0v) is 55.7. The number of ether oxygens (including phenoxy) is 16. The largest absolute Gasteiger partial charge is 0.463 e. The van der Waals surface area contributed by atoms with Gasteiger partial charge in [-0.1, -0.05) is 152 Å². The van der Waals surface area contributed by atoms with Crippen LogP contribution in [0.15, 0.2) is 0 Å². The minimum atomic E-state index is -2.75. The van der Waals surface area contributed by atoms with Crippen LogP contribution in [0.3, 0.4) is 0 Å². The molecule has 0 aromatic rings. The summed E-state index contributed by atoms with van der Waals surface area (Å²) in [5.74, 6) is -21.5. The lowest BCUT2D eigenvalue weighted by molar-refractivity contribution is -0.389. The van der Waals surface area contributed by atoms with E-state index in [9.17, 15) is 52.7 Å². The van der Waals surface area contributed by atoms with Gasteiger partial charge in [0, 0.05) is 0 Å². The Hall–Kier alpha value is -6.03. The van der Waals surface area contributed by atoms with Gasteiger partial charge in [0.1, 0.15) is 38.1 Å². The van der Waals surface area contributed by atoms with Crippen LogP contribution in [0.5, 0.6) is 0 Å². The molecular weight excluding hydrogens is 1180 g/mol. The van der Waals surface area contributed by atoms with Crippen LogP contribution in [-0.2, 0) is 129 Å². The van der Waals surface area contributed by atoms with Crippen LogP contribution >= 0.6 is 0 Å². The summed E-state index contributed by atoms with van der Waals surface area (Å²) in [5.41, 5.74) is 0. The van der Waals surface area contributed by atoms with Gasteiger partial charge in [0.25, 0.3) is 0 Å². The Balaban J connectivity index is 2.59. The van der Waals surface area contributed by atoms with E-state index in [2.05, 4.69) is 0 Å². The van der Waals surface area contributed by atoms with Crippen molar-refractivity contribution in [1.29, 1.82) is 0 Å². The normalized spacial score (nSPS) is 27.1. The van der Waals surface area contributed by atoms with Gasteiger partial charge in [-0.25, -0.2) is 0 Å². The first-order valence-corrected chi connectivity index (χ1v) is 30.7. The van der Waals surface area contributed by atoms with Crippen LogP contribution < -0.4 is 0 Å². The van der Waals surface area contributed by atoms with Gasteiger partial charge >= 0.3 is 65.7 Å². The number of esters is 11. The molecule has 0 aromatic heterocycles. The van der Waals surface area contributed by atoms with Crippen molar-refractivity contribution in [2.45, 2.75) is 238 Å². The van der Waals surface area contributed by atoms with Gasteiger partial charge in [-0.05, 0) is 0 Å². The van der Waals surface area contributed by atoms with Crippen molar-refractivity contribution in [3.05, 3.63) is 0 Å². The highest BCUT2D eigenvalue weighted by molar-refractivity contribution is 5.77. The number of carbonyl (C=O) groups is 11. The van der Waals surface area contributed by atoms with Gasteiger partial charge in [0.15, 0.2) is 55.1 Å². The second-order valence-electron chi connectivity index (χ2n) is 25.7. The van der Waals surface area contributed by atoms with Gasteiger partial charge in [0.05, 0.1) is 71.7 Å². The molecule has 0 aromatic carbocycles. The molecule has 0 radical (unpaired) electrons. The van der Waals surface area contributed by atoms with Gasteiger partial charge < -0.3 is 75.8 Å². The van der Waals surface area contributed by atoms with E-state index in [0.29, 0.717) is 0 Å². The summed E-state index contributed by atoms with van der Waals surface area (Å²) in [5, 5.41) is 0. The van der Waals surface area contributed by atoms with Crippen molar-refractivity contribution in [3.63, 3.8) is 0 Å². The van der Waals surface area contributed by atoms with E-state index in [-0.39, 0.29) is 0 Å². The van der Waals surface area contributed by atoms with Gasteiger partial charge in [-0.15, -0.1) is 0 Å². The molecule has 3 aliphatic rings. The summed E-state index contributed by atoms with van der Waals surface area (Å²) < 4.78 is 99.2. The third-order valence-electron chi connectivity index (χ3n) is 13.8. The summed E-state index contributed by atoms with van der Waals surface area (Å²) in [6, 6.07) is 0. The zero-order valence-electron chi connectivity index (χ0n) is 55.7. The Morgan fingerprint density at radius 1 is 0.292 bits per heavy atom. The zero-order chi connectivity index (χ0) is 67.8. The molecule has 27 heteroatoms. The summed E-state index contributed by atoms with van der Waals surface area (Å²) in [7, 11) is 0. The first kappa shape index (κ1) is 77.2. The topological polar surface area (TPSA) is 335 Å². The molecule has 0 amide bonds. The molecule has 89 heavy (non-hydrogen) atoms. The number of hydrogen-bond acceptors (Lipinski definition) is 27. The third kappa shape index (κ3) is 21.8. The fourth-order valence-corrected chi connectivity index (χ4v) is 8.10. The molecule has 0 aliphatic carbocycles. The summed E-state index contributed by atoms with van der Waals surface area (Å²) >= 11 is 0. The first-order chi connectivity index (χ1) is 41.2. The molecule has 0 bridgehead atoms. The smallest absolute Gasteiger partial charge is 0.308 e. The lowest BCUT2D eigenvalue weighted by Crippen LogP contribution is -2.67. The van der Waals surface area contributed by atoms with E-state index in [4.69, 9.17) is 75.8 Å². The van der Waals surface area contributed by atoms with E-state index in [1.807, 2.05) is 0 Å². The molecule has 0 N–H and O–H groups in total. The molecule has 508 valence electrons. The molecule has 3 fully saturated rings. The van der Waals surface area contributed by atoms with Crippen molar-refractivity contribution < 1.29 is 129 Å². The first-order valence-electron chi connectivity index (χ1n) is 30.7. The monoisotopic (exact) mass is 1270 g/mol. The summed E-state index contributed by atoms with van der Waals surface area (Å²) in [6.07, 6.45) is -24.1. The molecule has 3 heterocycles. The highest BCUT2D eigenvalue weighted by atomic mass is 16.8. The predicted octanol–water partition coefficient (Wildman–Crippen LogP) is 5.70. The number of rotatable bonds is 30. The molecule has 3 rings (SSSR count). The molecule has 4 unspecified atom stereocenters. The highest BCUT2D eigenvalue weighted by Gasteiger charge is 2.66. The number of carbonyl (C=O) groups excluding carboxylic acids is 11. The van der Waals surface area contributed by atoms with E-state index in [1.54, 1.807) is 27.7 Å². The average Bonchev–Trinajstić information content (AvgIpc) is 1.72. The molecule has 0 saturated carbocycles. The molecule has 3 saturated heterocycles. The van der Waals surface area contributed by atoms with Crippen LogP contribution in [0, 0.1) is 65.1 Å². The quantitative estimate of drug-likeness (QED) is 0.0614. The fraction of sp³-hybridized carbons (Fsp3) is 0.823. The van der Waals surface area contributed by atoms with Crippen LogP contribution in [0.1, 0.15) is 152 Å². The number of hydrogen-bond donors (Lipinski definition) is 0. The van der Waals surface area contributed by atoms with Gasteiger partial charge in [-0.3, -0.25) is 52.7 Å². The summed E-state index contributed by atoms with van der Waals surface area (Å²) in [6.45, 7) is 29.9. The van der Waals surface area contributed by atoms with Crippen molar-refractivity contribution >= 4 is 65.7 Å². The molecule has 0 spiro atoms. The Morgan fingerprint density at radius 3 is 0.921 bits per heavy atom. The van der Waals surface area contributed by atoms with Crippen molar-refractivity contribution in [1.82, 2.24) is 0 Å². The minimum Gasteiger partial charge on any atom is -0.463 e. The van der Waals surface area contributed by atoms with E-state index in [0.717, 1.165) is 0 Å². The fourth-order valence-electron chi connectivity index (χ4n) is 8.10. The Kier molecular flexibility index (Phi) is 29.9. The van der Waals surface area contributed by atoms with Crippen molar-refractivity contribution in [2.24, 2.45) is 65.1 Å². The molecule has 14 atom stereocenters. The molecule has 3 aliphatic heterocycles. The molecule has 27 nitrogen and oxygen atoms in total. The Labute approximate surface area is 522 Å². The van der Waals surface area contributed by atoms with Crippen LogP contribution in [-0.4, -0.2) is 178 Å². The second kappa shape index (κ2) is 34.4. The lowest BCUT2D eigenvalue weighted by atomic mass is 9.96. The van der Waals surface area contributed by atoms with Crippen LogP contribution in [0.2, 0.25) is 0 Å². The predicted molar refractivity (Wildman–Crippen MR) is 307 cm³/mol. The highest BCUT2D eigenvalue weighted by Crippen LogP contribution is 2.43. The van der Waals surface area contributed by atoms with Crippen molar-refractivity contribution in [3.8, 4) is 0 Å². The SMILES string of the molecule is CC(C)C(=O)OCC1O[C@H](OCC2O[C@@H](O[C@]3(COC(=O)C(C)C)O[C@H](COC(=O)C(C)C)[C@@H](OC(=O)C(C)C)[C@H]3OC(=O)C(C)C)C(OC(=O)C(C)C)[C@@H](OC(=O)C(C)C)[C@@H]2OC(=O)C(C)C)C(OC(=O)C(C)C)[C@@H](OC(=O)C(C)C)[C@H]1OC(=O)C(C)C. The van der Waals surface area contributed by atoms with Gasteiger partial charge in [0.2, 0.25) is 12.1 Å². The van der Waals surface area contributed by atoms with E-state index >= 15 is 0 Å². The van der Waals surface area contributed by atoms with Crippen LogP contribution in [0.4, 0.5) is 0 Å². The summed E-state index contributed by atoms with van der Waals surface area (Å²) in [4.78, 5) is 151. The minimum absolute atomic E-state index is 0.661. The van der Waals surface area contributed by atoms with Crippen molar-refractivity contribution in [2.75, 3.05) is 26.4 Å². The van der Waals surface area contributed by atoms with Gasteiger partial charge in [-0.2, -0.15) is 0 Å². The van der Waals surface area contributed by atoms with Crippen LogP contribution in [0.25, 0.3) is 0 Å². The average molecular weight is 1280 g/mol.